The van der Waals surface area contributed by atoms with Crippen molar-refractivity contribution in [1.82, 2.24) is 16.2 Å². The molecule has 1 saturated carbocycles. The maximum Gasteiger partial charge on any atom is 0.257 e. The summed E-state index contributed by atoms with van der Waals surface area (Å²) in [5.41, 5.74) is 6.51. The maximum absolute atomic E-state index is 11.8. The van der Waals surface area contributed by atoms with Gasteiger partial charge in [-0.3, -0.25) is 25.8 Å². The third kappa shape index (κ3) is 4.03. The van der Waals surface area contributed by atoms with Crippen molar-refractivity contribution >= 4 is 29.1 Å². The highest BCUT2D eigenvalue weighted by molar-refractivity contribution is 7.80. The van der Waals surface area contributed by atoms with Gasteiger partial charge in [-0.25, -0.2) is 0 Å². The highest BCUT2D eigenvalue weighted by atomic mass is 32.1. The summed E-state index contributed by atoms with van der Waals surface area (Å²) in [6.07, 6.45) is 1.83. The van der Waals surface area contributed by atoms with Gasteiger partial charge in [-0.15, -0.1) is 0 Å². The van der Waals surface area contributed by atoms with Crippen LogP contribution in [0.3, 0.4) is 0 Å². The molecule has 1 fully saturated rings. The molecule has 0 atom stereocenters. The molecule has 1 aliphatic rings. The lowest BCUT2D eigenvalue weighted by Gasteiger charge is -2.10. The molecule has 3 N–H and O–H groups in total. The number of thiocarbonyl (C=S) groups is 1. The van der Waals surface area contributed by atoms with Crippen molar-refractivity contribution in [3.8, 4) is 0 Å². The van der Waals surface area contributed by atoms with Crippen LogP contribution in [-0.4, -0.2) is 16.9 Å². The zero-order valence-corrected chi connectivity index (χ0v) is 11.3. The van der Waals surface area contributed by atoms with Gasteiger partial charge in [0.05, 0.1) is 0 Å². The number of benzene rings is 1. The Labute approximate surface area is 116 Å². The molecule has 1 aromatic rings. The normalized spacial score (nSPS) is 13.5. The molecule has 100 valence electrons. The molecular formula is C13H15N3O2S. The molecule has 0 spiro atoms. The first-order chi connectivity index (χ1) is 9.06. The molecule has 1 aromatic carbocycles. The van der Waals surface area contributed by atoms with Gasteiger partial charge in [-0.05, 0) is 44.1 Å². The number of rotatable bonds is 2. The van der Waals surface area contributed by atoms with Crippen molar-refractivity contribution in [2.45, 2.75) is 19.8 Å². The van der Waals surface area contributed by atoms with Gasteiger partial charge in [0.1, 0.15) is 0 Å². The highest BCUT2D eigenvalue weighted by Crippen LogP contribution is 2.28. The SMILES string of the molecule is Cc1cccc(C(=O)NC(=S)NNC(=O)C2CC2)c1. The number of aryl methyl sites for hydroxylation is 1. The Morgan fingerprint density at radius 2 is 2.00 bits per heavy atom. The summed E-state index contributed by atoms with van der Waals surface area (Å²) in [6, 6.07) is 7.17. The van der Waals surface area contributed by atoms with Crippen LogP contribution in [-0.2, 0) is 4.79 Å². The monoisotopic (exact) mass is 277 g/mol. The van der Waals surface area contributed by atoms with E-state index in [0.29, 0.717) is 5.56 Å². The average molecular weight is 277 g/mol. The van der Waals surface area contributed by atoms with Gasteiger partial charge in [0.25, 0.3) is 5.91 Å². The van der Waals surface area contributed by atoms with E-state index in [1.54, 1.807) is 18.2 Å². The van der Waals surface area contributed by atoms with Crippen LogP contribution in [0.4, 0.5) is 0 Å². The van der Waals surface area contributed by atoms with E-state index in [9.17, 15) is 9.59 Å². The van der Waals surface area contributed by atoms with Crippen molar-refractivity contribution in [2.24, 2.45) is 5.92 Å². The van der Waals surface area contributed by atoms with Gasteiger partial charge >= 0.3 is 0 Å². The smallest absolute Gasteiger partial charge is 0.257 e. The van der Waals surface area contributed by atoms with Gasteiger partial charge in [-0.1, -0.05) is 17.7 Å². The Hall–Kier alpha value is -1.95. The van der Waals surface area contributed by atoms with Crippen LogP contribution < -0.4 is 16.2 Å². The van der Waals surface area contributed by atoms with Crippen LogP contribution in [0.1, 0.15) is 28.8 Å². The number of hydrogen-bond donors (Lipinski definition) is 3. The molecule has 0 aromatic heterocycles. The first kappa shape index (κ1) is 13.5. The number of nitrogens with one attached hydrogen (secondary N) is 3. The molecule has 1 aliphatic carbocycles. The summed E-state index contributed by atoms with van der Waals surface area (Å²) in [5.74, 6) is -0.309. The zero-order chi connectivity index (χ0) is 13.8. The number of carbonyl (C=O) groups is 2. The lowest BCUT2D eigenvalue weighted by molar-refractivity contribution is -0.122. The third-order valence-corrected chi connectivity index (χ3v) is 2.96. The number of hydrazine groups is 1. The first-order valence-electron chi connectivity index (χ1n) is 6.04. The lowest BCUT2D eigenvalue weighted by Crippen LogP contribution is -2.48. The van der Waals surface area contributed by atoms with Gasteiger partial charge in [0, 0.05) is 11.5 Å². The minimum absolute atomic E-state index is 0.0838. The zero-order valence-electron chi connectivity index (χ0n) is 10.5. The second-order valence-corrected chi connectivity index (χ2v) is 4.95. The quantitative estimate of drug-likeness (QED) is 0.558. The van der Waals surface area contributed by atoms with Crippen molar-refractivity contribution < 1.29 is 9.59 Å². The van der Waals surface area contributed by atoms with Crippen molar-refractivity contribution in [2.75, 3.05) is 0 Å². The van der Waals surface area contributed by atoms with Crippen molar-refractivity contribution in [1.29, 1.82) is 0 Å². The molecule has 0 radical (unpaired) electrons. The molecule has 0 unspecified atom stereocenters. The topological polar surface area (TPSA) is 70.2 Å². The summed E-state index contributed by atoms with van der Waals surface area (Å²) >= 11 is 4.93. The van der Waals surface area contributed by atoms with Crippen LogP contribution in [0.15, 0.2) is 24.3 Å². The molecule has 0 heterocycles. The van der Waals surface area contributed by atoms with E-state index in [2.05, 4.69) is 16.2 Å². The Bertz CT molecular complexity index is 526. The van der Waals surface area contributed by atoms with Gasteiger partial charge in [0.2, 0.25) is 5.91 Å². The second-order valence-electron chi connectivity index (χ2n) is 4.54. The molecule has 2 amide bonds. The Kier molecular flexibility index (Phi) is 4.11. The van der Waals surface area contributed by atoms with Gasteiger partial charge < -0.3 is 0 Å². The Balaban J connectivity index is 1.81. The van der Waals surface area contributed by atoms with Crippen molar-refractivity contribution in [3.05, 3.63) is 35.4 Å². The first-order valence-corrected chi connectivity index (χ1v) is 6.45. The van der Waals surface area contributed by atoms with Crippen LogP contribution >= 0.6 is 12.2 Å². The summed E-state index contributed by atoms with van der Waals surface area (Å²) in [4.78, 5) is 23.2. The highest BCUT2D eigenvalue weighted by Gasteiger charge is 2.29. The molecule has 0 aliphatic heterocycles. The minimum Gasteiger partial charge on any atom is -0.298 e. The van der Waals surface area contributed by atoms with Crippen molar-refractivity contribution in [3.63, 3.8) is 0 Å². The van der Waals surface area contributed by atoms with E-state index in [0.717, 1.165) is 18.4 Å². The van der Waals surface area contributed by atoms with E-state index >= 15 is 0 Å². The van der Waals surface area contributed by atoms with E-state index in [1.165, 1.54) is 0 Å². The van der Waals surface area contributed by atoms with E-state index in [-0.39, 0.29) is 22.8 Å². The van der Waals surface area contributed by atoms with Crippen LogP contribution in [0, 0.1) is 12.8 Å². The standard InChI is InChI=1S/C13H15N3O2S/c1-8-3-2-4-10(7-8)11(17)14-13(19)16-15-12(18)9-5-6-9/h2-4,7,9H,5-6H2,1H3,(H,15,18)(H2,14,16,17,19). The van der Waals surface area contributed by atoms with Gasteiger partial charge in [-0.2, -0.15) is 0 Å². The summed E-state index contributed by atoms with van der Waals surface area (Å²) in [5, 5.41) is 2.59. The molecular weight excluding hydrogens is 262 g/mol. The molecule has 19 heavy (non-hydrogen) atoms. The molecule has 5 nitrogen and oxygen atoms in total. The predicted octanol–water partition coefficient (Wildman–Crippen LogP) is 1.04. The van der Waals surface area contributed by atoms with Gasteiger partial charge in [0.15, 0.2) is 5.11 Å². The van der Waals surface area contributed by atoms with Crippen LogP contribution in [0.2, 0.25) is 0 Å². The number of hydrogen-bond acceptors (Lipinski definition) is 3. The van der Waals surface area contributed by atoms with Crippen LogP contribution in [0.25, 0.3) is 0 Å². The number of carbonyl (C=O) groups excluding carboxylic acids is 2. The Morgan fingerprint density at radius 3 is 2.63 bits per heavy atom. The van der Waals surface area contributed by atoms with E-state index < -0.39 is 0 Å². The maximum atomic E-state index is 11.8. The second kappa shape index (κ2) is 5.79. The molecule has 2 rings (SSSR count). The Morgan fingerprint density at radius 1 is 1.26 bits per heavy atom. The average Bonchev–Trinajstić information content (AvgIpc) is 3.20. The largest absolute Gasteiger partial charge is 0.298 e. The summed E-state index contributed by atoms with van der Waals surface area (Å²) in [7, 11) is 0. The molecule has 0 bridgehead atoms. The third-order valence-electron chi connectivity index (χ3n) is 2.75. The molecule has 6 heteroatoms. The summed E-state index contributed by atoms with van der Waals surface area (Å²) < 4.78 is 0. The predicted molar refractivity (Wildman–Crippen MR) is 75.2 cm³/mol. The summed E-state index contributed by atoms with van der Waals surface area (Å²) in [6.45, 7) is 1.91. The molecule has 0 saturated heterocycles. The van der Waals surface area contributed by atoms with E-state index in [1.807, 2.05) is 13.0 Å². The van der Waals surface area contributed by atoms with Crippen LogP contribution in [0.5, 0.6) is 0 Å². The fraction of sp³-hybridized carbons (Fsp3) is 0.308. The lowest BCUT2D eigenvalue weighted by atomic mass is 10.1. The van der Waals surface area contributed by atoms with E-state index in [4.69, 9.17) is 12.2 Å². The fourth-order valence-electron chi connectivity index (χ4n) is 1.56. The number of amides is 2. The fourth-order valence-corrected chi connectivity index (χ4v) is 1.70. The minimum atomic E-state index is -0.304.